The summed E-state index contributed by atoms with van der Waals surface area (Å²) in [4.78, 5) is 2.34. The SMILES string of the molecule is c1cc(-c2ccc(N(c3ccc(-c4cccc(-n5c6ccccc6c6ccccc65)c4)cc3)c3cccc4c3oc3c5ccccc5ccc43)cc2)cc(-c2ccc3ccc4ccccc4c3c2)c1. The molecule has 14 aromatic rings. The van der Waals surface area contributed by atoms with Crippen LogP contribution in [0.1, 0.15) is 0 Å². The molecule has 0 unspecified atom stereocenters. The summed E-state index contributed by atoms with van der Waals surface area (Å²) >= 11 is 0. The molecule has 0 spiro atoms. The molecule has 2 aromatic heterocycles. The number of fused-ring (bicyclic) bond motifs is 11. The van der Waals surface area contributed by atoms with Gasteiger partial charge < -0.3 is 13.9 Å². The van der Waals surface area contributed by atoms with Crippen LogP contribution in [0.2, 0.25) is 0 Å². The van der Waals surface area contributed by atoms with E-state index < -0.39 is 0 Å². The van der Waals surface area contributed by atoms with Gasteiger partial charge in [0.25, 0.3) is 0 Å². The van der Waals surface area contributed by atoms with Gasteiger partial charge in [-0.2, -0.15) is 0 Å². The summed E-state index contributed by atoms with van der Waals surface area (Å²) in [7, 11) is 0. The molecule has 3 heteroatoms. The topological polar surface area (TPSA) is 21.3 Å². The zero-order chi connectivity index (χ0) is 45.4. The van der Waals surface area contributed by atoms with Crippen LogP contribution in [-0.4, -0.2) is 4.57 Å². The van der Waals surface area contributed by atoms with Crippen LogP contribution in [0.3, 0.4) is 0 Å². The zero-order valence-corrected chi connectivity index (χ0v) is 37.6. The van der Waals surface area contributed by atoms with Gasteiger partial charge in [0, 0.05) is 44.0 Å². The summed E-state index contributed by atoms with van der Waals surface area (Å²) in [6.45, 7) is 0. The van der Waals surface area contributed by atoms with E-state index in [1.165, 1.54) is 60.0 Å². The van der Waals surface area contributed by atoms with Crippen molar-refractivity contribution in [1.29, 1.82) is 0 Å². The van der Waals surface area contributed by atoms with E-state index in [-0.39, 0.29) is 0 Å². The second kappa shape index (κ2) is 15.7. The highest BCUT2D eigenvalue weighted by Crippen LogP contribution is 2.45. The van der Waals surface area contributed by atoms with Crippen molar-refractivity contribution in [2.24, 2.45) is 0 Å². The van der Waals surface area contributed by atoms with Gasteiger partial charge >= 0.3 is 0 Å². The maximum absolute atomic E-state index is 6.98. The fraction of sp³-hybridized carbons (Fsp3) is 0. The summed E-state index contributed by atoms with van der Waals surface area (Å²) in [5.74, 6) is 0. The smallest absolute Gasteiger partial charge is 0.159 e. The van der Waals surface area contributed by atoms with Crippen molar-refractivity contribution < 1.29 is 4.42 Å². The summed E-state index contributed by atoms with van der Waals surface area (Å²) in [5, 5.41) is 12.0. The molecule has 12 aromatic carbocycles. The largest absolute Gasteiger partial charge is 0.453 e. The van der Waals surface area contributed by atoms with Crippen molar-refractivity contribution in [2.75, 3.05) is 4.90 Å². The van der Waals surface area contributed by atoms with Gasteiger partial charge in [-0.3, -0.25) is 0 Å². The lowest BCUT2D eigenvalue weighted by Gasteiger charge is -2.26. The van der Waals surface area contributed by atoms with Crippen LogP contribution in [-0.2, 0) is 0 Å². The lowest BCUT2D eigenvalue weighted by atomic mass is 9.95. The van der Waals surface area contributed by atoms with Crippen molar-refractivity contribution in [3.8, 4) is 39.1 Å². The third-order valence-electron chi connectivity index (χ3n) is 14.2. The molecule has 0 bridgehead atoms. The predicted molar refractivity (Wildman–Crippen MR) is 292 cm³/mol. The van der Waals surface area contributed by atoms with Crippen LogP contribution >= 0.6 is 0 Å². The fourth-order valence-electron chi connectivity index (χ4n) is 10.8. The van der Waals surface area contributed by atoms with Gasteiger partial charge in [-0.15, -0.1) is 0 Å². The lowest BCUT2D eigenvalue weighted by Crippen LogP contribution is -2.10. The minimum absolute atomic E-state index is 0.853. The van der Waals surface area contributed by atoms with Crippen LogP contribution < -0.4 is 4.90 Å². The normalized spacial score (nSPS) is 11.8. The number of hydrogen-bond acceptors (Lipinski definition) is 2. The van der Waals surface area contributed by atoms with E-state index >= 15 is 0 Å². The second-order valence-corrected chi connectivity index (χ2v) is 18.1. The van der Waals surface area contributed by atoms with E-state index in [2.05, 4.69) is 264 Å². The third-order valence-corrected chi connectivity index (χ3v) is 14.2. The second-order valence-electron chi connectivity index (χ2n) is 18.1. The van der Waals surface area contributed by atoms with Gasteiger partial charge in [-0.25, -0.2) is 0 Å². The maximum Gasteiger partial charge on any atom is 0.159 e. The predicted octanol–water partition coefficient (Wildman–Crippen LogP) is 18.6. The van der Waals surface area contributed by atoms with Gasteiger partial charge in [0.15, 0.2) is 5.58 Å². The van der Waals surface area contributed by atoms with Gasteiger partial charge in [0.2, 0.25) is 0 Å². The number of hydrogen-bond donors (Lipinski definition) is 0. The van der Waals surface area contributed by atoms with Crippen molar-refractivity contribution in [2.45, 2.75) is 0 Å². The Hall–Kier alpha value is -9.18. The molecular weight excluding hydrogens is 837 g/mol. The summed E-state index contributed by atoms with van der Waals surface area (Å²) in [6.07, 6.45) is 0. The molecule has 0 fully saturated rings. The van der Waals surface area contributed by atoms with Crippen molar-refractivity contribution in [3.63, 3.8) is 0 Å². The third kappa shape index (κ3) is 6.43. The Morgan fingerprint density at radius 1 is 0.275 bits per heavy atom. The first-order valence-electron chi connectivity index (χ1n) is 23.6. The standard InChI is InChI=1S/C66H42N2O/c1-3-18-55-45(12-1)26-27-47-28-29-51(42-61(47)55)49-15-9-14-48(40-49)43-30-35-52(36-31-43)67(64-25-11-22-59-60-39-34-46-13-2-4-19-56(46)65(60)69-66(59)64)53-37-32-44(33-38-53)50-16-10-17-54(41-50)68-62-23-7-5-20-57(62)58-21-6-8-24-63(58)68/h1-42H. The molecule has 0 radical (unpaired) electrons. The molecule has 0 aliphatic rings. The Morgan fingerprint density at radius 2 is 0.739 bits per heavy atom. The molecule has 0 aliphatic heterocycles. The molecule has 0 saturated carbocycles. The molecule has 322 valence electrons. The molecule has 0 saturated heterocycles. The van der Waals surface area contributed by atoms with Crippen LogP contribution in [0.25, 0.3) is 115 Å². The highest BCUT2D eigenvalue weighted by Gasteiger charge is 2.21. The first kappa shape index (κ1) is 39.0. The molecule has 14 rings (SSSR count). The zero-order valence-electron chi connectivity index (χ0n) is 37.6. The summed E-state index contributed by atoms with van der Waals surface area (Å²) < 4.78 is 9.36. The first-order valence-corrected chi connectivity index (χ1v) is 23.6. The minimum atomic E-state index is 0.853. The highest BCUT2D eigenvalue weighted by molar-refractivity contribution is 6.18. The fourth-order valence-corrected chi connectivity index (χ4v) is 10.8. The van der Waals surface area contributed by atoms with Gasteiger partial charge in [0.05, 0.1) is 16.7 Å². The van der Waals surface area contributed by atoms with E-state index in [0.29, 0.717) is 0 Å². The quantitative estimate of drug-likeness (QED) is 0.149. The number of para-hydroxylation sites is 3. The summed E-state index contributed by atoms with van der Waals surface area (Å²) in [6, 6.07) is 92.4. The average Bonchev–Trinajstić information content (AvgIpc) is 3.98. The van der Waals surface area contributed by atoms with Crippen LogP contribution in [0.15, 0.2) is 259 Å². The monoisotopic (exact) mass is 878 g/mol. The van der Waals surface area contributed by atoms with E-state index in [0.717, 1.165) is 72.2 Å². The average molecular weight is 879 g/mol. The Labute approximate surface area is 399 Å². The minimum Gasteiger partial charge on any atom is -0.453 e. The Kier molecular flexibility index (Phi) is 8.90. The van der Waals surface area contributed by atoms with Crippen molar-refractivity contribution >= 4 is 93.1 Å². The number of anilines is 3. The van der Waals surface area contributed by atoms with E-state index in [1.807, 2.05) is 0 Å². The Morgan fingerprint density at radius 3 is 1.43 bits per heavy atom. The number of nitrogens with zero attached hydrogens (tertiary/aromatic N) is 2. The molecule has 0 amide bonds. The first-order chi connectivity index (χ1) is 34.2. The summed E-state index contributed by atoms with van der Waals surface area (Å²) in [5.41, 5.74) is 15.4. The Balaban J connectivity index is 0.865. The van der Waals surface area contributed by atoms with Crippen LogP contribution in [0, 0.1) is 0 Å². The molecule has 0 aliphatic carbocycles. The molecule has 3 nitrogen and oxygen atoms in total. The van der Waals surface area contributed by atoms with Gasteiger partial charge in [-0.05, 0) is 133 Å². The lowest BCUT2D eigenvalue weighted by molar-refractivity contribution is 0.673. The van der Waals surface area contributed by atoms with E-state index in [4.69, 9.17) is 4.42 Å². The number of rotatable bonds is 7. The highest BCUT2D eigenvalue weighted by atomic mass is 16.3. The molecular formula is C66H42N2O. The van der Waals surface area contributed by atoms with Crippen LogP contribution in [0.4, 0.5) is 17.1 Å². The van der Waals surface area contributed by atoms with Crippen LogP contribution in [0.5, 0.6) is 0 Å². The molecule has 69 heavy (non-hydrogen) atoms. The van der Waals surface area contributed by atoms with Gasteiger partial charge in [0.1, 0.15) is 5.58 Å². The Bertz CT molecular complexity index is 4260. The van der Waals surface area contributed by atoms with E-state index in [1.54, 1.807) is 0 Å². The molecule has 2 heterocycles. The van der Waals surface area contributed by atoms with Crippen molar-refractivity contribution in [3.05, 3.63) is 255 Å². The number of benzene rings is 12. The van der Waals surface area contributed by atoms with Crippen molar-refractivity contribution in [1.82, 2.24) is 4.57 Å². The molecule has 0 atom stereocenters. The maximum atomic E-state index is 6.98. The van der Waals surface area contributed by atoms with E-state index in [9.17, 15) is 0 Å². The van der Waals surface area contributed by atoms with Gasteiger partial charge in [-0.1, -0.05) is 182 Å². The number of aromatic nitrogens is 1. The molecule has 0 N–H and O–H groups in total. The number of furan rings is 1.